The van der Waals surface area contributed by atoms with Crippen LogP contribution in [0.25, 0.3) is 0 Å². The molecule has 0 bridgehead atoms. The van der Waals surface area contributed by atoms with Gasteiger partial charge in [-0.15, -0.1) is 5.10 Å². The van der Waals surface area contributed by atoms with Gasteiger partial charge in [-0.05, 0) is 48.0 Å². The molecule has 6 heteroatoms. The van der Waals surface area contributed by atoms with Gasteiger partial charge in [-0.25, -0.2) is 4.68 Å². The van der Waals surface area contributed by atoms with Crippen LogP contribution < -0.4 is 5.32 Å². The Morgan fingerprint density at radius 2 is 2.21 bits per heavy atom. The molecular weight excluding hydrogens is 306 g/mol. The molecule has 0 amide bonds. The summed E-state index contributed by atoms with van der Waals surface area (Å²) < 4.78 is 2.54. The van der Waals surface area contributed by atoms with Gasteiger partial charge in [0.25, 0.3) is 0 Å². The van der Waals surface area contributed by atoms with Crippen LogP contribution in [0.4, 0.5) is 0 Å². The normalized spacial score (nSPS) is 12.6. The van der Waals surface area contributed by atoms with Crippen molar-refractivity contribution in [2.24, 2.45) is 7.05 Å². The molecule has 1 unspecified atom stereocenters. The van der Waals surface area contributed by atoms with Crippen molar-refractivity contribution in [3.63, 3.8) is 0 Å². The van der Waals surface area contributed by atoms with E-state index in [9.17, 15) is 0 Å². The lowest BCUT2D eigenvalue weighted by Gasteiger charge is -2.18. The fourth-order valence-electron chi connectivity index (χ4n) is 2.00. The Bertz CT molecular complexity index is 532. The molecule has 19 heavy (non-hydrogen) atoms. The number of aryl methyl sites for hydroxylation is 2. The van der Waals surface area contributed by atoms with E-state index >= 15 is 0 Å². The van der Waals surface area contributed by atoms with Gasteiger partial charge < -0.3 is 5.32 Å². The maximum atomic E-state index is 4.61. The fraction of sp³-hybridized carbons (Fsp3) is 0.462. The minimum absolute atomic E-state index is 0.00535. The average molecular weight is 324 g/mol. The van der Waals surface area contributed by atoms with Crippen molar-refractivity contribution in [1.82, 2.24) is 25.3 Å². The summed E-state index contributed by atoms with van der Waals surface area (Å²) in [6, 6.07) is 6.04. The first-order valence-electron chi connectivity index (χ1n) is 6.35. The highest BCUT2D eigenvalue weighted by Crippen LogP contribution is 2.25. The van der Waals surface area contributed by atoms with Gasteiger partial charge in [0.15, 0.2) is 4.60 Å². The van der Waals surface area contributed by atoms with Gasteiger partial charge in [0.1, 0.15) is 0 Å². The molecule has 0 aliphatic rings. The van der Waals surface area contributed by atoms with E-state index in [1.165, 1.54) is 0 Å². The first-order chi connectivity index (χ1) is 9.13. The fourth-order valence-corrected chi connectivity index (χ4v) is 2.56. The van der Waals surface area contributed by atoms with Gasteiger partial charge >= 0.3 is 0 Å². The van der Waals surface area contributed by atoms with Gasteiger partial charge in [-0.1, -0.05) is 18.2 Å². The van der Waals surface area contributed by atoms with Crippen molar-refractivity contribution in [3.8, 4) is 0 Å². The number of hydrogen-bond acceptors (Lipinski definition) is 4. The molecule has 0 saturated heterocycles. The van der Waals surface area contributed by atoms with Crippen LogP contribution in [0.2, 0.25) is 0 Å². The molecule has 0 aromatic carbocycles. The van der Waals surface area contributed by atoms with E-state index in [2.05, 4.69) is 43.5 Å². The molecule has 0 aliphatic carbocycles. The third-order valence-electron chi connectivity index (χ3n) is 2.90. The van der Waals surface area contributed by atoms with Crippen molar-refractivity contribution in [2.45, 2.75) is 26.3 Å². The summed E-state index contributed by atoms with van der Waals surface area (Å²) in [5, 5.41) is 11.6. The number of nitrogens with one attached hydrogen (secondary N) is 1. The average Bonchev–Trinajstić information content (AvgIpc) is 2.71. The lowest BCUT2D eigenvalue weighted by Crippen LogP contribution is -2.26. The van der Waals surface area contributed by atoms with Gasteiger partial charge in [-0.3, -0.25) is 4.98 Å². The van der Waals surface area contributed by atoms with Crippen molar-refractivity contribution in [2.75, 3.05) is 6.54 Å². The molecule has 102 valence electrons. The zero-order chi connectivity index (χ0) is 13.8. The summed E-state index contributed by atoms with van der Waals surface area (Å²) in [5.74, 6) is 0. The predicted octanol–water partition coefficient (Wildman–Crippen LogP) is 2.37. The minimum atomic E-state index is -0.00535. The number of halogens is 1. The number of hydrogen-bond donors (Lipinski definition) is 1. The monoisotopic (exact) mass is 323 g/mol. The molecule has 0 aliphatic heterocycles. The molecule has 2 aromatic heterocycles. The third kappa shape index (κ3) is 3.19. The van der Waals surface area contributed by atoms with Gasteiger partial charge in [0, 0.05) is 12.7 Å². The van der Waals surface area contributed by atoms with Gasteiger partial charge in [0.05, 0.1) is 17.4 Å². The van der Waals surface area contributed by atoms with E-state index in [0.29, 0.717) is 0 Å². The quantitative estimate of drug-likeness (QED) is 0.917. The zero-order valence-corrected chi connectivity index (χ0v) is 13.0. The lowest BCUT2D eigenvalue weighted by molar-refractivity contribution is 0.539. The topological polar surface area (TPSA) is 55.6 Å². The number of rotatable bonds is 5. The van der Waals surface area contributed by atoms with Crippen molar-refractivity contribution in [3.05, 3.63) is 39.9 Å². The number of aromatic nitrogens is 4. The summed E-state index contributed by atoms with van der Waals surface area (Å²) in [7, 11) is 1.89. The molecule has 1 atom stereocenters. The van der Waals surface area contributed by atoms with E-state index in [4.69, 9.17) is 0 Å². The van der Waals surface area contributed by atoms with E-state index in [1.807, 2.05) is 32.2 Å². The summed E-state index contributed by atoms with van der Waals surface area (Å²) in [5.41, 5.74) is 2.98. The SMILES string of the molecule is CCCNC(c1cccc(C)n1)c1c(Br)nnn1C. The van der Waals surface area contributed by atoms with E-state index in [-0.39, 0.29) is 6.04 Å². The first-order valence-corrected chi connectivity index (χ1v) is 7.14. The Kier molecular flexibility index (Phi) is 4.66. The Morgan fingerprint density at radius 1 is 1.42 bits per heavy atom. The highest BCUT2D eigenvalue weighted by Gasteiger charge is 2.22. The van der Waals surface area contributed by atoms with Crippen molar-refractivity contribution in [1.29, 1.82) is 0 Å². The number of nitrogens with zero attached hydrogens (tertiary/aromatic N) is 4. The lowest BCUT2D eigenvalue weighted by atomic mass is 10.1. The van der Waals surface area contributed by atoms with E-state index in [1.54, 1.807) is 4.68 Å². The van der Waals surface area contributed by atoms with Crippen molar-refractivity contribution >= 4 is 15.9 Å². The van der Waals surface area contributed by atoms with Crippen molar-refractivity contribution < 1.29 is 0 Å². The minimum Gasteiger partial charge on any atom is -0.304 e. The van der Waals surface area contributed by atoms with Crippen LogP contribution in [0.1, 0.15) is 36.5 Å². The molecule has 1 N–H and O–H groups in total. The maximum absolute atomic E-state index is 4.61. The second kappa shape index (κ2) is 6.25. The van der Waals surface area contributed by atoms with Gasteiger partial charge in [0.2, 0.25) is 0 Å². The van der Waals surface area contributed by atoms with Crippen LogP contribution in [-0.4, -0.2) is 26.5 Å². The van der Waals surface area contributed by atoms with Crippen LogP contribution in [0, 0.1) is 6.92 Å². The standard InChI is InChI=1S/C13H18BrN5/c1-4-8-15-11(10-7-5-6-9(2)16-10)12-13(14)17-18-19(12)3/h5-7,11,15H,4,8H2,1-3H3. The Labute approximate surface area is 121 Å². The van der Waals surface area contributed by atoms with Crippen LogP contribution in [0.3, 0.4) is 0 Å². The molecular formula is C13H18BrN5. The highest BCUT2D eigenvalue weighted by molar-refractivity contribution is 9.10. The smallest absolute Gasteiger partial charge is 0.153 e. The predicted molar refractivity (Wildman–Crippen MR) is 77.8 cm³/mol. The molecule has 2 heterocycles. The Balaban J connectivity index is 2.41. The summed E-state index contributed by atoms with van der Waals surface area (Å²) >= 11 is 3.46. The van der Waals surface area contributed by atoms with Crippen LogP contribution in [0.15, 0.2) is 22.8 Å². The second-order valence-corrected chi connectivity index (χ2v) is 5.23. The van der Waals surface area contributed by atoms with Crippen LogP contribution >= 0.6 is 15.9 Å². The molecule has 0 radical (unpaired) electrons. The molecule has 0 saturated carbocycles. The third-order valence-corrected chi connectivity index (χ3v) is 3.47. The summed E-state index contributed by atoms with van der Waals surface area (Å²) in [4.78, 5) is 4.61. The summed E-state index contributed by atoms with van der Waals surface area (Å²) in [6.07, 6.45) is 1.06. The molecule has 2 rings (SSSR count). The summed E-state index contributed by atoms with van der Waals surface area (Å²) in [6.45, 7) is 5.05. The zero-order valence-electron chi connectivity index (χ0n) is 11.4. The second-order valence-electron chi connectivity index (χ2n) is 4.48. The number of pyridine rings is 1. The molecule has 2 aromatic rings. The largest absolute Gasteiger partial charge is 0.304 e. The molecule has 5 nitrogen and oxygen atoms in total. The van der Waals surface area contributed by atoms with Crippen LogP contribution in [-0.2, 0) is 7.05 Å². The van der Waals surface area contributed by atoms with E-state index < -0.39 is 0 Å². The molecule has 0 spiro atoms. The van der Waals surface area contributed by atoms with Crippen LogP contribution in [0.5, 0.6) is 0 Å². The van der Waals surface area contributed by atoms with E-state index in [0.717, 1.165) is 34.7 Å². The Hall–Kier alpha value is -1.27. The molecule has 0 fully saturated rings. The first kappa shape index (κ1) is 14.1. The highest BCUT2D eigenvalue weighted by atomic mass is 79.9. The Morgan fingerprint density at radius 3 is 2.79 bits per heavy atom. The maximum Gasteiger partial charge on any atom is 0.153 e. The van der Waals surface area contributed by atoms with Gasteiger partial charge in [-0.2, -0.15) is 0 Å².